The van der Waals surface area contributed by atoms with Gasteiger partial charge < -0.3 is 4.90 Å². The molecule has 30 heavy (non-hydrogen) atoms. The molecule has 0 radical (unpaired) electrons. The van der Waals surface area contributed by atoms with Crippen molar-refractivity contribution in [3.63, 3.8) is 0 Å². The molecular weight excluding hydrogens is 627 g/mol. The zero-order valence-corrected chi connectivity index (χ0v) is 21.6. The molecule has 3 rings (SSSR count). The predicted octanol–water partition coefficient (Wildman–Crippen LogP) is 6.64. The van der Waals surface area contributed by atoms with E-state index in [2.05, 4.69) is 57.9 Å². The van der Waals surface area contributed by atoms with Crippen molar-refractivity contribution in [3.8, 4) is 5.82 Å². The van der Waals surface area contributed by atoms with Crippen LogP contribution in [0.4, 0.5) is 5.69 Å². The number of pyridine rings is 1. The van der Waals surface area contributed by atoms with Gasteiger partial charge in [-0.15, -0.1) is 0 Å². The maximum absolute atomic E-state index is 13.7. The summed E-state index contributed by atoms with van der Waals surface area (Å²) in [5.74, 6) is -0.0767. The van der Waals surface area contributed by atoms with Gasteiger partial charge in [-0.1, -0.05) is 34.5 Å². The molecule has 0 aliphatic heterocycles. The van der Waals surface area contributed by atoms with Crippen LogP contribution in [0.5, 0.6) is 0 Å². The van der Waals surface area contributed by atoms with Crippen molar-refractivity contribution in [1.29, 1.82) is 0 Å². The van der Waals surface area contributed by atoms with Crippen LogP contribution < -0.4 is 4.90 Å². The van der Waals surface area contributed by atoms with Crippen molar-refractivity contribution in [2.24, 2.45) is 0 Å². The smallest absolute Gasteiger partial charge is 0.277 e. The van der Waals surface area contributed by atoms with E-state index in [0.29, 0.717) is 43.0 Å². The summed E-state index contributed by atoms with van der Waals surface area (Å²) in [5, 5.41) is 3.98. The van der Waals surface area contributed by atoms with Crippen LogP contribution >= 0.6 is 71.0 Å². The highest BCUT2D eigenvalue weighted by Crippen LogP contribution is 2.36. The zero-order chi connectivity index (χ0) is 22.0. The first-order valence-electron chi connectivity index (χ1n) is 8.61. The van der Waals surface area contributed by atoms with Crippen molar-refractivity contribution >= 4 is 87.8 Å². The van der Waals surface area contributed by atoms with Gasteiger partial charge in [-0.2, -0.15) is 5.10 Å². The number of anilines is 1. The number of hydrogen-bond donors (Lipinski definition) is 0. The van der Waals surface area contributed by atoms with Crippen molar-refractivity contribution in [2.45, 2.75) is 13.3 Å². The second-order valence-electron chi connectivity index (χ2n) is 6.09. The fourth-order valence-electron chi connectivity index (χ4n) is 2.87. The molecule has 0 fully saturated rings. The highest BCUT2D eigenvalue weighted by atomic mass is 79.9. The molecule has 2 heterocycles. The van der Waals surface area contributed by atoms with Crippen LogP contribution in [0, 0.1) is 0 Å². The normalized spacial score (nSPS) is 10.9. The lowest BCUT2D eigenvalue weighted by Crippen LogP contribution is -2.34. The molecule has 11 heteroatoms. The van der Waals surface area contributed by atoms with Crippen molar-refractivity contribution < 1.29 is 9.59 Å². The summed E-state index contributed by atoms with van der Waals surface area (Å²) in [4.78, 5) is 31.5. The Hall–Kier alpha value is -1.26. The second kappa shape index (κ2) is 9.91. The number of carbonyl (C=O) groups is 2. The monoisotopic (exact) mass is 636 g/mol. The maximum Gasteiger partial charge on any atom is 0.277 e. The maximum atomic E-state index is 13.7. The third-order valence-corrected chi connectivity index (χ3v) is 5.99. The largest absolute Gasteiger partial charge is 0.305 e. The summed E-state index contributed by atoms with van der Waals surface area (Å²) < 4.78 is 3.00. The lowest BCUT2D eigenvalue weighted by atomic mass is 10.1. The number of hydrogen-bond acceptors (Lipinski definition) is 4. The number of nitrogens with zero attached hydrogens (tertiary/aromatic N) is 4. The molecule has 2 aromatic heterocycles. The van der Waals surface area contributed by atoms with Gasteiger partial charge in [-0.3, -0.25) is 9.59 Å². The Morgan fingerprint density at radius 2 is 1.93 bits per heavy atom. The molecule has 0 spiro atoms. The van der Waals surface area contributed by atoms with Crippen LogP contribution in [-0.4, -0.2) is 32.5 Å². The molecule has 0 aliphatic carbocycles. The fraction of sp³-hybridized carbons (Fsp3) is 0.158. The first kappa shape index (κ1) is 23.4. The lowest BCUT2D eigenvalue weighted by molar-refractivity contribution is 0.0979. The van der Waals surface area contributed by atoms with Crippen molar-refractivity contribution in [1.82, 2.24) is 14.8 Å². The molecule has 0 saturated heterocycles. The summed E-state index contributed by atoms with van der Waals surface area (Å²) in [6.45, 7) is 2.27. The van der Waals surface area contributed by atoms with Gasteiger partial charge >= 0.3 is 0 Å². The van der Waals surface area contributed by atoms with Gasteiger partial charge in [0.2, 0.25) is 0 Å². The van der Waals surface area contributed by atoms with Gasteiger partial charge in [0.25, 0.3) is 11.1 Å². The van der Waals surface area contributed by atoms with Crippen LogP contribution in [0.1, 0.15) is 34.2 Å². The van der Waals surface area contributed by atoms with Gasteiger partial charge in [0.15, 0.2) is 5.82 Å². The number of halogens is 5. The SMILES string of the molecule is CCCN(C(=O)c1cc(Br)nn1-c1ncccc1Cl)c1c(Br)cc(Br)cc1C(=O)Cl. The van der Waals surface area contributed by atoms with Gasteiger partial charge in [0.1, 0.15) is 10.3 Å². The van der Waals surface area contributed by atoms with E-state index in [9.17, 15) is 9.59 Å². The quantitative estimate of drug-likeness (QED) is 0.284. The summed E-state index contributed by atoms with van der Waals surface area (Å²) in [7, 11) is 0. The topological polar surface area (TPSA) is 68.1 Å². The third-order valence-electron chi connectivity index (χ3n) is 4.04. The fourth-order valence-corrected chi connectivity index (χ4v) is 5.03. The van der Waals surface area contributed by atoms with Crippen LogP contribution in [0.25, 0.3) is 5.82 Å². The minimum absolute atomic E-state index is 0.195. The minimum atomic E-state index is -0.677. The molecule has 0 N–H and O–H groups in total. The van der Waals surface area contributed by atoms with Crippen LogP contribution in [0.2, 0.25) is 5.02 Å². The van der Waals surface area contributed by atoms with Crippen LogP contribution in [0.3, 0.4) is 0 Å². The van der Waals surface area contributed by atoms with E-state index in [1.807, 2.05) is 6.92 Å². The molecule has 0 bridgehead atoms. The molecule has 6 nitrogen and oxygen atoms in total. The predicted molar refractivity (Wildman–Crippen MR) is 128 cm³/mol. The van der Waals surface area contributed by atoms with Crippen LogP contribution in [-0.2, 0) is 0 Å². The average Bonchev–Trinajstić information content (AvgIpc) is 3.07. The molecule has 156 valence electrons. The summed E-state index contributed by atoms with van der Waals surface area (Å²) in [5.41, 5.74) is 0.792. The van der Waals surface area contributed by atoms with E-state index < -0.39 is 5.24 Å². The first-order chi connectivity index (χ1) is 14.2. The molecule has 0 aliphatic rings. The van der Waals surface area contributed by atoms with Crippen LogP contribution in [0.15, 0.2) is 50.1 Å². The Morgan fingerprint density at radius 1 is 1.20 bits per heavy atom. The third kappa shape index (κ3) is 4.80. The zero-order valence-electron chi connectivity index (χ0n) is 15.4. The van der Waals surface area contributed by atoms with E-state index in [1.54, 1.807) is 36.5 Å². The first-order valence-corrected chi connectivity index (χ1v) is 11.7. The highest BCUT2D eigenvalue weighted by molar-refractivity contribution is 9.11. The highest BCUT2D eigenvalue weighted by Gasteiger charge is 2.28. The minimum Gasteiger partial charge on any atom is -0.305 e. The molecule has 0 unspecified atom stereocenters. The van der Waals surface area contributed by atoms with E-state index in [0.717, 1.165) is 0 Å². The Balaban J connectivity index is 2.19. The standard InChI is InChI=1S/C19H13Br3Cl2N4O2/c1-2-6-27(16-11(17(24)29)7-10(20)8-12(16)21)19(30)14-9-15(22)26-28(14)18-13(23)4-3-5-25-18/h3-5,7-9H,2,6H2,1H3. The Labute approximate surface area is 207 Å². The van der Waals surface area contributed by atoms with Gasteiger partial charge in [-0.25, -0.2) is 9.67 Å². The number of carbonyl (C=O) groups excluding carboxylic acids is 2. The number of amides is 1. The molecule has 1 aromatic carbocycles. The number of aromatic nitrogens is 3. The van der Waals surface area contributed by atoms with Crippen molar-refractivity contribution in [2.75, 3.05) is 11.4 Å². The second-order valence-corrected chi connectivity index (χ2v) is 9.42. The molecule has 3 aromatic rings. The molecule has 0 saturated carbocycles. The summed E-state index contributed by atoms with van der Waals surface area (Å²) in [6, 6.07) is 8.25. The average molecular weight is 640 g/mol. The van der Waals surface area contributed by atoms with E-state index in [-0.39, 0.29) is 17.2 Å². The van der Waals surface area contributed by atoms with Gasteiger partial charge in [0, 0.05) is 27.8 Å². The Morgan fingerprint density at radius 3 is 2.57 bits per heavy atom. The summed E-state index contributed by atoms with van der Waals surface area (Å²) >= 11 is 22.2. The molecular formula is C19H13Br3Cl2N4O2. The number of benzene rings is 1. The summed E-state index contributed by atoms with van der Waals surface area (Å²) in [6.07, 6.45) is 2.20. The molecule has 0 atom stereocenters. The van der Waals surface area contributed by atoms with Gasteiger partial charge in [0.05, 0.1) is 16.3 Å². The Kier molecular flexibility index (Phi) is 7.73. The molecule has 1 amide bonds. The van der Waals surface area contributed by atoms with Gasteiger partial charge in [-0.05, 0) is 74.1 Å². The Bertz CT molecular complexity index is 1140. The van der Waals surface area contributed by atoms with E-state index in [4.69, 9.17) is 23.2 Å². The van der Waals surface area contributed by atoms with E-state index in [1.165, 1.54) is 9.58 Å². The van der Waals surface area contributed by atoms with Crippen molar-refractivity contribution in [3.05, 3.63) is 66.4 Å². The lowest BCUT2D eigenvalue weighted by Gasteiger charge is -2.25. The van der Waals surface area contributed by atoms with E-state index >= 15 is 0 Å². The number of rotatable bonds is 6.